The highest BCUT2D eigenvalue weighted by Crippen LogP contribution is 2.26. The zero-order valence-electron chi connectivity index (χ0n) is 17.8. The predicted molar refractivity (Wildman–Crippen MR) is 133 cm³/mol. The van der Waals surface area contributed by atoms with Crippen molar-refractivity contribution < 1.29 is 13.2 Å². The first-order chi connectivity index (χ1) is 15.6. The van der Waals surface area contributed by atoms with Crippen molar-refractivity contribution >= 4 is 60.5 Å². The summed E-state index contributed by atoms with van der Waals surface area (Å²) in [7, 11) is -2.34. The highest BCUT2D eigenvalue weighted by atomic mass is 35.5. The number of thiazole rings is 1. The number of sulfonamides is 1. The SMILES string of the molecule is Cc1ccc(S(=O)(=O)N(CC(=O)Nc2ccc3c(c2)sc(=O)n3C)c2ccc(Cl)cc2)cc1. The molecule has 1 amide bonds. The maximum atomic E-state index is 13.4. The Kier molecular flexibility index (Phi) is 6.29. The third kappa shape index (κ3) is 4.80. The summed E-state index contributed by atoms with van der Waals surface area (Å²) in [4.78, 5) is 24.7. The molecule has 170 valence electrons. The largest absolute Gasteiger partial charge is 0.324 e. The lowest BCUT2D eigenvalue weighted by Gasteiger charge is -2.24. The zero-order chi connectivity index (χ0) is 23.8. The number of aryl methyl sites for hydroxylation is 2. The molecule has 0 aliphatic rings. The number of carbonyl (C=O) groups excluding carboxylic acids is 1. The number of nitrogens with one attached hydrogen (secondary N) is 1. The van der Waals surface area contributed by atoms with Gasteiger partial charge in [0, 0.05) is 17.8 Å². The van der Waals surface area contributed by atoms with Crippen LogP contribution in [0.1, 0.15) is 5.56 Å². The molecular formula is C23H20ClN3O4S2. The van der Waals surface area contributed by atoms with Crippen molar-refractivity contribution in [3.63, 3.8) is 0 Å². The number of hydrogen-bond donors (Lipinski definition) is 1. The third-order valence-corrected chi connectivity index (χ3v) is 8.12. The van der Waals surface area contributed by atoms with Crippen LogP contribution in [0.5, 0.6) is 0 Å². The monoisotopic (exact) mass is 501 g/mol. The molecule has 0 atom stereocenters. The van der Waals surface area contributed by atoms with Gasteiger partial charge in [0.25, 0.3) is 10.0 Å². The van der Waals surface area contributed by atoms with E-state index in [1.54, 1.807) is 61.6 Å². The Labute approximate surface area is 199 Å². The molecule has 0 bridgehead atoms. The molecule has 4 rings (SSSR count). The number of nitrogens with zero attached hydrogens (tertiary/aromatic N) is 2. The van der Waals surface area contributed by atoms with Gasteiger partial charge in [-0.2, -0.15) is 0 Å². The van der Waals surface area contributed by atoms with E-state index in [4.69, 9.17) is 11.6 Å². The summed E-state index contributed by atoms with van der Waals surface area (Å²) < 4.78 is 30.1. The molecule has 3 aromatic carbocycles. The molecule has 0 aliphatic carbocycles. The molecule has 0 radical (unpaired) electrons. The molecule has 0 fully saturated rings. The number of halogens is 1. The quantitative estimate of drug-likeness (QED) is 0.424. The Hall–Kier alpha value is -3.14. The number of fused-ring (bicyclic) bond motifs is 1. The van der Waals surface area contributed by atoms with Crippen molar-refractivity contribution in [2.24, 2.45) is 7.05 Å². The molecule has 0 unspecified atom stereocenters. The van der Waals surface area contributed by atoms with E-state index in [1.807, 2.05) is 6.92 Å². The average molecular weight is 502 g/mol. The molecule has 0 saturated carbocycles. The van der Waals surface area contributed by atoms with Crippen LogP contribution in [0.25, 0.3) is 10.2 Å². The first-order valence-corrected chi connectivity index (χ1v) is 12.5. The number of benzene rings is 3. The molecule has 0 spiro atoms. The van der Waals surface area contributed by atoms with Gasteiger partial charge in [0.1, 0.15) is 6.54 Å². The van der Waals surface area contributed by atoms with Crippen LogP contribution in [0, 0.1) is 6.92 Å². The second kappa shape index (κ2) is 9.01. The van der Waals surface area contributed by atoms with Gasteiger partial charge in [-0.05, 0) is 61.5 Å². The number of rotatable bonds is 6. The number of carbonyl (C=O) groups is 1. The maximum Gasteiger partial charge on any atom is 0.307 e. The summed E-state index contributed by atoms with van der Waals surface area (Å²) in [5, 5.41) is 3.18. The van der Waals surface area contributed by atoms with Crippen LogP contribution < -0.4 is 14.5 Å². The normalized spacial score (nSPS) is 11.5. The van der Waals surface area contributed by atoms with E-state index in [0.717, 1.165) is 31.4 Å². The first-order valence-electron chi connectivity index (χ1n) is 9.89. The van der Waals surface area contributed by atoms with Crippen molar-refractivity contribution in [2.75, 3.05) is 16.2 Å². The highest BCUT2D eigenvalue weighted by molar-refractivity contribution is 7.92. The molecule has 4 aromatic rings. The van der Waals surface area contributed by atoms with Crippen LogP contribution in [0.2, 0.25) is 5.02 Å². The standard InChI is InChI=1S/C23H20ClN3O4S2/c1-15-3-10-19(11-4-15)33(30,31)27(18-8-5-16(24)6-9-18)14-22(28)25-17-7-12-20-21(13-17)32-23(29)26(20)2/h3-13H,14H2,1-2H3,(H,25,28). The van der Waals surface area contributed by atoms with E-state index in [1.165, 1.54) is 16.7 Å². The molecular weight excluding hydrogens is 482 g/mol. The molecule has 1 heterocycles. The fraction of sp³-hybridized carbons (Fsp3) is 0.130. The Balaban J connectivity index is 1.64. The highest BCUT2D eigenvalue weighted by Gasteiger charge is 2.27. The fourth-order valence-electron chi connectivity index (χ4n) is 3.30. The summed E-state index contributed by atoms with van der Waals surface area (Å²) in [5.41, 5.74) is 2.46. The topological polar surface area (TPSA) is 88.5 Å². The predicted octanol–water partition coefficient (Wildman–Crippen LogP) is 4.40. The lowest BCUT2D eigenvalue weighted by atomic mass is 10.2. The van der Waals surface area contributed by atoms with Gasteiger partial charge >= 0.3 is 4.87 Å². The van der Waals surface area contributed by atoms with Crippen LogP contribution >= 0.6 is 22.9 Å². The van der Waals surface area contributed by atoms with Crippen molar-refractivity contribution in [2.45, 2.75) is 11.8 Å². The van der Waals surface area contributed by atoms with Crippen LogP contribution in [-0.4, -0.2) is 25.4 Å². The Morgan fingerprint density at radius 2 is 1.73 bits per heavy atom. The van der Waals surface area contributed by atoms with Gasteiger partial charge in [-0.1, -0.05) is 40.6 Å². The Morgan fingerprint density at radius 3 is 2.39 bits per heavy atom. The van der Waals surface area contributed by atoms with Crippen molar-refractivity contribution in [3.05, 3.63) is 87.0 Å². The fourth-order valence-corrected chi connectivity index (χ4v) is 5.77. The summed E-state index contributed by atoms with van der Waals surface area (Å²) in [6.45, 7) is 1.42. The third-order valence-electron chi connectivity index (χ3n) is 5.09. The molecule has 33 heavy (non-hydrogen) atoms. The summed E-state index contributed by atoms with van der Waals surface area (Å²) >= 11 is 7.04. The molecule has 0 saturated heterocycles. The molecule has 10 heteroatoms. The molecule has 0 aliphatic heterocycles. The van der Waals surface area contributed by atoms with E-state index in [-0.39, 0.29) is 9.77 Å². The lowest BCUT2D eigenvalue weighted by molar-refractivity contribution is -0.114. The number of anilines is 2. The Bertz CT molecular complexity index is 1490. The van der Waals surface area contributed by atoms with Crippen LogP contribution in [-0.2, 0) is 21.9 Å². The second-order valence-electron chi connectivity index (χ2n) is 7.46. The summed E-state index contributed by atoms with van der Waals surface area (Å²) in [6, 6.07) is 17.8. The van der Waals surface area contributed by atoms with E-state index in [9.17, 15) is 18.0 Å². The van der Waals surface area contributed by atoms with Gasteiger partial charge < -0.3 is 9.88 Å². The lowest BCUT2D eigenvalue weighted by Crippen LogP contribution is -2.38. The van der Waals surface area contributed by atoms with Crippen molar-refractivity contribution in [1.29, 1.82) is 0 Å². The number of amides is 1. The van der Waals surface area contributed by atoms with Gasteiger partial charge in [0.2, 0.25) is 5.91 Å². The van der Waals surface area contributed by atoms with Gasteiger partial charge in [0.15, 0.2) is 0 Å². The number of aromatic nitrogens is 1. The summed E-state index contributed by atoms with van der Waals surface area (Å²) in [5.74, 6) is -0.525. The zero-order valence-corrected chi connectivity index (χ0v) is 20.2. The van der Waals surface area contributed by atoms with E-state index >= 15 is 0 Å². The maximum absolute atomic E-state index is 13.4. The first kappa shape index (κ1) is 23.0. The summed E-state index contributed by atoms with van der Waals surface area (Å²) in [6.07, 6.45) is 0. The van der Waals surface area contributed by atoms with Crippen LogP contribution in [0.4, 0.5) is 11.4 Å². The van der Waals surface area contributed by atoms with E-state index in [0.29, 0.717) is 16.4 Å². The number of hydrogen-bond acceptors (Lipinski definition) is 5. The average Bonchev–Trinajstić information content (AvgIpc) is 3.06. The van der Waals surface area contributed by atoms with Crippen molar-refractivity contribution in [1.82, 2.24) is 4.57 Å². The van der Waals surface area contributed by atoms with E-state index < -0.39 is 22.5 Å². The van der Waals surface area contributed by atoms with Gasteiger partial charge in [-0.3, -0.25) is 13.9 Å². The van der Waals surface area contributed by atoms with Gasteiger partial charge in [-0.15, -0.1) is 0 Å². The smallest absolute Gasteiger partial charge is 0.307 e. The van der Waals surface area contributed by atoms with Gasteiger partial charge in [-0.25, -0.2) is 8.42 Å². The minimum Gasteiger partial charge on any atom is -0.324 e. The minimum atomic E-state index is -4.02. The molecule has 7 nitrogen and oxygen atoms in total. The molecule has 1 N–H and O–H groups in total. The van der Waals surface area contributed by atoms with Crippen LogP contribution in [0.3, 0.4) is 0 Å². The van der Waals surface area contributed by atoms with E-state index in [2.05, 4.69) is 5.32 Å². The Morgan fingerprint density at radius 1 is 1.06 bits per heavy atom. The van der Waals surface area contributed by atoms with Crippen LogP contribution in [0.15, 0.2) is 76.4 Å². The second-order valence-corrected chi connectivity index (χ2v) is 10.8. The minimum absolute atomic E-state index is 0.0753. The molecule has 1 aromatic heterocycles. The van der Waals surface area contributed by atoms with Crippen molar-refractivity contribution in [3.8, 4) is 0 Å². The van der Waals surface area contributed by atoms with Gasteiger partial charge in [0.05, 0.1) is 20.8 Å².